The van der Waals surface area contributed by atoms with Crippen molar-refractivity contribution in [3.05, 3.63) is 101 Å². The Morgan fingerprint density at radius 2 is 1.80 bits per heavy atom. The number of nitrogens with one attached hydrogen (secondary N) is 1. The van der Waals surface area contributed by atoms with E-state index in [4.69, 9.17) is 0 Å². The number of amides is 1. The summed E-state index contributed by atoms with van der Waals surface area (Å²) < 4.78 is 1.54. The molecule has 0 atom stereocenters. The Labute approximate surface area is 178 Å². The molecule has 6 heteroatoms. The number of carbonyl (C=O) groups is 1. The summed E-state index contributed by atoms with van der Waals surface area (Å²) in [6, 6.07) is 23.0. The maximum absolute atomic E-state index is 12.5. The second kappa shape index (κ2) is 8.97. The molecule has 0 spiro atoms. The topological polar surface area (TPSA) is 63.5 Å². The molecule has 30 heavy (non-hydrogen) atoms. The van der Waals surface area contributed by atoms with Gasteiger partial charge >= 0.3 is 0 Å². The molecule has 0 aliphatic heterocycles. The normalized spacial score (nSPS) is 10.8. The highest BCUT2D eigenvalue weighted by Gasteiger charge is 2.09. The fraction of sp³-hybridized carbons (Fsp3) is 0.125. The Morgan fingerprint density at radius 1 is 1.03 bits per heavy atom. The molecule has 0 aliphatic rings. The van der Waals surface area contributed by atoms with Crippen molar-refractivity contribution in [3.63, 3.8) is 0 Å². The molecular formula is C24H21N3O2S. The van der Waals surface area contributed by atoms with Crippen molar-refractivity contribution in [3.8, 4) is 11.1 Å². The molecule has 0 bridgehead atoms. The van der Waals surface area contributed by atoms with Crippen LogP contribution in [0.1, 0.15) is 11.3 Å². The van der Waals surface area contributed by atoms with Gasteiger partial charge in [0.05, 0.1) is 11.4 Å². The van der Waals surface area contributed by atoms with Gasteiger partial charge in [0.1, 0.15) is 5.65 Å². The van der Waals surface area contributed by atoms with Gasteiger partial charge in [-0.05, 0) is 30.2 Å². The van der Waals surface area contributed by atoms with Crippen LogP contribution >= 0.6 is 11.8 Å². The van der Waals surface area contributed by atoms with Crippen LogP contribution in [0, 0.1) is 6.92 Å². The van der Waals surface area contributed by atoms with Crippen molar-refractivity contribution in [2.75, 3.05) is 11.1 Å². The van der Waals surface area contributed by atoms with Crippen LogP contribution in [-0.4, -0.2) is 21.0 Å². The van der Waals surface area contributed by atoms with Crippen molar-refractivity contribution in [2.45, 2.75) is 12.7 Å². The van der Waals surface area contributed by atoms with Crippen molar-refractivity contribution < 1.29 is 4.79 Å². The van der Waals surface area contributed by atoms with Crippen molar-refractivity contribution in [1.29, 1.82) is 0 Å². The van der Waals surface area contributed by atoms with Gasteiger partial charge in [0.15, 0.2) is 0 Å². The zero-order valence-corrected chi connectivity index (χ0v) is 17.4. The van der Waals surface area contributed by atoms with Gasteiger partial charge in [-0.2, -0.15) is 0 Å². The summed E-state index contributed by atoms with van der Waals surface area (Å²) in [5, 5.41) is 3.00. The molecule has 0 unspecified atom stereocenters. The molecule has 2 aromatic carbocycles. The number of aromatic nitrogens is 2. The summed E-state index contributed by atoms with van der Waals surface area (Å²) in [6.45, 7) is 1.93. The monoisotopic (exact) mass is 415 g/mol. The summed E-state index contributed by atoms with van der Waals surface area (Å²) in [5.41, 5.74) is 5.00. The lowest BCUT2D eigenvalue weighted by atomic mass is 10.0. The number of para-hydroxylation sites is 1. The van der Waals surface area contributed by atoms with Gasteiger partial charge in [-0.1, -0.05) is 54.6 Å². The average Bonchev–Trinajstić information content (AvgIpc) is 2.75. The fourth-order valence-corrected chi connectivity index (χ4v) is 3.94. The largest absolute Gasteiger partial charge is 0.325 e. The first-order chi connectivity index (χ1) is 14.6. The molecule has 0 saturated carbocycles. The van der Waals surface area contributed by atoms with Crippen molar-refractivity contribution >= 4 is 29.0 Å². The number of benzene rings is 2. The predicted molar refractivity (Wildman–Crippen MR) is 123 cm³/mol. The van der Waals surface area contributed by atoms with Gasteiger partial charge in [-0.25, -0.2) is 4.98 Å². The second-order valence-electron chi connectivity index (χ2n) is 6.97. The number of rotatable bonds is 6. The van der Waals surface area contributed by atoms with Crippen LogP contribution in [0.2, 0.25) is 0 Å². The molecule has 2 heterocycles. The van der Waals surface area contributed by atoms with E-state index in [2.05, 4.69) is 10.3 Å². The minimum atomic E-state index is -0.111. The SMILES string of the molecule is Cc1ccc2nc(CSCC(=O)Nc3ccccc3-c3ccccc3)cc(=O)n2c1. The van der Waals surface area contributed by atoms with Crippen LogP contribution in [0.3, 0.4) is 0 Å². The number of pyridine rings is 1. The van der Waals surface area contributed by atoms with E-state index < -0.39 is 0 Å². The highest BCUT2D eigenvalue weighted by Crippen LogP contribution is 2.27. The summed E-state index contributed by atoms with van der Waals surface area (Å²) in [6.07, 6.45) is 1.78. The van der Waals surface area contributed by atoms with Gasteiger partial charge in [-0.3, -0.25) is 14.0 Å². The Morgan fingerprint density at radius 3 is 2.63 bits per heavy atom. The maximum atomic E-state index is 12.5. The average molecular weight is 416 g/mol. The number of aryl methyl sites for hydroxylation is 1. The number of thioether (sulfide) groups is 1. The molecule has 150 valence electrons. The third kappa shape index (κ3) is 4.60. The highest BCUT2D eigenvalue weighted by atomic mass is 32.2. The third-order valence-corrected chi connectivity index (χ3v) is 5.60. The van der Waals surface area contributed by atoms with E-state index in [-0.39, 0.29) is 17.2 Å². The molecule has 2 aromatic heterocycles. The zero-order chi connectivity index (χ0) is 20.9. The quantitative estimate of drug-likeness (QED) is 0.502. The standard InChI is InChI=1S/C24H21N3O2S/c1-17-11-12-22-25-19(13-24(29)27(22)14-17)15-30-16-23(28)26-21-10-6-5-9-20(21)18-7-3-2-4-8-18/h2-14H,15-16H2,1H3,(H,26,28). The number of nitrogens with zero attached hydrogens (tertiary/aromatic N) is 2. The molecule has 0 radical (unpaired) electrons. The summed E-state index contributed by atoms with van der Waals surface area (Å²) in [5.74, 6) is 0.683. The second-order valence-corrected chi connectivity index (χ2v) is 7.96. The number of anilines is 1. The van der Waals surface area contributed by atoms with Crippen molar-refractivity contribution in [1.82, 2.24) is 9.38 Å². The van der Waals surface area contributed by atoms with Crippen LogP contribution in [0.25, 0.3) is 16.8 Å². The number of hydrogen-bond donors (Lipinski definition) is 1. The molecule has 1 N–H and O–H groups in total. The number of carbonyl (C=O) groups excluding carboxylic acids is 1. The van der Waals surface area contributed by atoms with E-state index in [1.807, 2.05) is 73.7 Å². The van der Waals surface area contributed by atoms with Crippen LogP contribution in [0.4, 0.5) is 5.69 Å². The van der Waals surface area contributed by atoms with E-state index >= 15 is 0 Å². The molecule has 1 amide bonds. The minimum Gasteiger partial charge on any atom is -0.325 e. The number of fused-ring (bicyclic) bond motifs is 1. The number of hydrogen-bond acceptors (Lipinski definition) is 4. The molecule has 0 saturated heterocycles. The van der Waals surface area contributed by atoms with Crippen LogP contribution in [0.5, 0.6) is 0 Å². The molecule has 4 rings (SSSR count). The lowest BCUT2D eigenvalue weighted by Gasteiger charge is -2.11. The smallest absolute Gasteiger partial charge is 0.258 e. The summed E-state index contributed by atoms with van der Waals surface area (Å²) in [7, 11) is 0. The molecule has 5 nitrogen and oxygen atoms in total. The first kappa shape index (κ1) is 19.9. The third-order valence-electron chi connectivity index (χ3n) is 4.63. The first-order valence-electron chi connectivity index (χ1n) is 9.61. The Bertz CT molecular complexity index is 1250. The molecule has 4 aromatic rings. The van der Waals surface area contributed by atoms with E-state index in [9.17, 15) is 9.59 Å². The molecule has 0 fully saturated rings. The van der Waals surface area contributed by atoms with Gasteiger partial charge in [0, 0.05) is 29.3 Å². The van der Waals surface area contributed by atoms with E-state index in [0.29, 0.717) is 17.1 Å². The predicted octanol–water partition coefficient (Wildman–Crippen LogP) is 4.54. The van der Waals surface area contributed by atoms with Crippen molar-refractivity contribution in [2.24, 2.45) is 0 Å². The van der Waals surface area contributed by atoms with Crippen LogP contribution < -0.4 is 10.9 Å². The lowest BCUT2D eigenvalue weighted by Crippen LogP contribution is -2.16. The zero-order valence-electron chi connectivity index (χ0n) is 16.5. The fourth-order valence-electron chi connectivity index (χ4n) is 3.23. The van der Waals surface area contributed by atoms with Gasteiger partial charge < -0.3 is 5.32 Å². The molecule has 0 aliphatic carbocycles. The van der Waals surface area contributed by atoms with Crippen LogP contribution in [-0.2, 0) is 10.5 Å². The first-order valence-corrected chi connectivity index (χ1v) is 10.8. The Kier molecular flexibility index (Phi) is 5.95. The highest BCUT2D eigenvalue weighted by molar-refractivity contribution is 7.99. The van der Waals surface area contributed by atoms with Gasteiger partial charge in [0.2, 0.25) is 5.91 Å². The van der Waals surface area contributed by atoms with Crippen LogP contribution in [0.15, 0.2) is 83.8 Å². The Hall–Kier alpha value is -3.38. The van der Waals surface area contributed by atoms with E-state index in [1.54, 1.807) is 6.20 Å². The van der Waals surface area contributed by atoms with E-state index in [1.165, 1.54) is 22.2 Å². The summed E-state index contributed by atoms with van der Waals surface area (Å²) in [4.78, 5) is 29.3. The lowest BCUT2D eigenvalue weighted by molar-refractivity contribution is -0.113. The van der Waals surface area contributed by atoms with Gasteiger partial charge in [0.25, 0.3) is 5.56 Å². The van der Waals surface area contributed by atoms with E-state index in [0.717, 1.165) is 22.4 Å². The Balaban J connectivity index is 1.40. The molecular weight excluding hydrogens is 394 g/mol. The summed E-state index contributed by atoms with van der Waals surface area (Å²) >= 11 is 1.43. The maximum Gasteiger partial charge on any atom is 0.258 e. The van der Waals surface area contributed by atoms with Gasteiger partial charge in [-0.15, -0.1) is 11.8 Å². The minimum absolute atomic E-state index is 0.0866.